The van der Waals surface area contributed by atoms with E-state index >= 15 is 0 Å². The van der Waals surface area contributed by atoms with E-state index in [2.05, 4.69) is 11.9 Å². The van der Waals surface area contributed by atoms with Crippen LogP contribution in [-0.2, 0) is 27.4 Å². The van der Waals surface area contributed by atoms with Crippen LogP contribution in [0.3, 0.4) is 0 Å². The third kappa shape index (κ3) is 2.76. The highest BCUT2D eigenvalue weighted by molar-refractivity contribution is 5.76. The van der Waals surface area contributed by atoms with Crippen LogP contribution in [0.5, 0.6) is 11.5 Å². The van der Waals surface area contributed by atoms with Crippen molar-refractivity contribution in [3.63, 3.8) is 0 Å². The first-order valence-electron chi connectivity index (χ1n) is 8.44. The molecule has 1 aromatic carbocycles. The molecule has 8 heteroatoms. The highest BCUT2D eigenvalue weighted by Gasteiger charge is 2.35. The van der Waals surface area contributed by atoms with E-state index in [0.717, 1.165) is 16.7 Å². The van der Waals surface area contributed by atoms with Crippen LogP contribution >= 0.6 is 0 Å². The number of fused-ring (bicyclic) bond motifs is 2. The number of esters is 1. The third-order valence-corrected chi connectivity index (χ3v) is 4.92. The molecule has 0 aliphatic carbocycles. The lowest BCUT2D eigenvalue weighted by Crippen LogP contribution is -2.31. The summed E-state index contributed by atoms with van der Waals surface area (Å²) in [5.74, 6) is 1.01. The quantitative estimate of drug-likeness (QED) is 0.816. The fourth-order valence-corrected chi connectivity index (χ4v) is 3.62. The second-order valence-electron chi connectivity index (χ2n) is 6.45. The summed E-state index contributed by atoms with van der Waals surface area (Å²) in [7, 11) is 1.34. The Balaban J connectivity index is 1.43. The highest BCUT2D eigenvalue weighted by Crippen LogP contribution is 2.43. The van der Waals surface area contributed by atoms with Crippen molar-refractivity contribution in [3.8, 4) is 11.5 Å². The zero-order chi connectivity index (χ0) is 18.3. The molecule has 1 N–H and O–H groups in total. The zero-order valence-electron chi connectivity index (χ0n) is 14.4. The number of carbonyl (C=O) groups is 2. The molecule has 1 saturated heterocycles. The maximum absolute atomic E-state index is 12.5. The molecule has 0 spiro atoms. The minimum absolute atomic E-state index is 0.195. The smallest absolute Gasteiger partial charge is 0.410 e. The van der Waals surface area contributed by atoms with E-state index in [1.807, 2.05) is 6.07 Å². The molecule has 0 aromatic heterocycles. The van der Waals surface area contributed by atoms with Gasteiger partial charge in [-0.1, -0.05) is 12.7 Å². The molecule has 0 bridgehead atoms. The predicted molar refractivity (Wildman–Crippen MR) is 90.6 cm³/mol. The summed E-state index contributed by atoms with van der Waals surface area (Å²) in [5.41, 5.74) is 2.86. The molecule has 8 nitrogen and oxygen atoms in total. The normalized spacial score (nSPS) is 22.9. The van der Waals surface area contributed by atoms with Gasteiger partial charge in [-0.3, -0.25) is 9.69 Å². The van der Waals surface area contributed by atoms with Crippen LogP contribution in [0.4, 0.5) is 4.79 Å². The van der Waals surface area contributed by atoms with Crippen LogP contribution in [0.1, 0.15) is 23.1 Å². The molecular weight excluding hydrogens is 340 g/mol. The molecule has 1 amide bonds. The summed E-state index contributed by atoms with van der Waals surface area (Å²) in [6.07, 6.45) is 1.37. The highest BCUT2D eigenvalue weighted by atomic mass is 16.7. The SMILES string of the molecule is C=Cc1c2c(cc3c1OCO3)CN(C(=O)OC1CNC(C(=O)OC)C1)C2. The Kier molecular flexibility index (Phi) is 4.20. The Labute approximate surface area is 150 Å². The Morgan fingerprint density at radius 2 is 2.23 bits per heavy atom. The first kappa shape index (κ1) is 16.7. The summed E-state index contributed by atoms with van der Waals surface area (Å²) < 4.78 is 21.2. The molecule has 0 radical (unpaired) electrons. The van der Waals surface area contributed by atoms with Gasteiger partial charge in [-0.2, -0.15) is 0 Å². The molecule has 2 atom stereocenters. The van der Waals surface area contributed by atoms with Crippen molar-refractivity contribution in [1.29, 1.82) is 0 Å². The maximum Gasteiger partial charge on any atom is 0.410 e. The van der Waals surface area contributed by atoms with E-state index in [0.29, 0.717) is 37.6 Å². The van der Waals surface area contributed by atoms with Crippen molar-refractivity contribution in [2.45, 2.75) is 31.7 Å². The molecule has 4 rings (SSSR count). The molecule has 138 valence electrons. The van der Waals surface area contributed by atoms with Crippen molar-refractivity contribution < 1.29 is 28.5 Å². The van der Waals surface area contributed by atoms with Crippen LogP contribution in [0.25, 0.3) is 6.08 Å². The molecule has 3 aliphatic rings. The molecule has 1 fully saturated rings. The van der Waals surface area contributed by atoms with E-state index in [1.165, 1.54) is 7.11 Å². The number of hydrogen-bond donors (Lipinski definition) is 1. The van der Waals surface area contributed by atoms with Gasteiger partial charge >= 0.3 is 12.1 Å². The lowest BCUT2D eigenvalue weighted by molar-refractivity contribution is -0.142. The molecule has 0 saturated carbocycles. The maximum atomic E-state index is 12.5. The van der Waals surface area contributed by atoms with E-state index < -0.39 is 12.1 Å². The predicted octanol–water partition coefficient (Wildman–Crippen LogP) is 1.41. The number of nitrogens with zero attached hydrogens (tertiary/aromatic N) is 1. The molecular formula is C18H20N2O6. The van der Waals surface area contributed by atoms with Crippen molar-refractivity contribution in [1.82, 2.24) is 10.2 Å². The van der Waals surface area contributed by atoms with Gasteiger partial charge in [0.25, 0.3) is 0 Å². The van der Waals surface area contributed by atoms with E-state index in [-0.39, 0.29) is 18.9 Å². The van der Waals surface area contributed by atoms with Crippen molar-refractivity contribution in [2.75, 3.05) is 20.4 Å². The number of rotatable bonds is 3. The van der Waals surface area contributed by atoms with Crippen LogP contribution in [0, 0.1) is 0 Å². The molecule has 2 unspecified atom stereocenters. The first-order chi connectivity index (χ1) is 12.6. The van der Waals surface area contributed by atoms with Gasteiger partial charge in [-0.05, 0) is 17.2 Å². The van der Waals surface area contributed by atoms with Crippen molar-refractivity contribution in [2.24, 2.45) is 0 Å². The van der Waals surface area contributed by atoms with Crippen LogP contribution in [-0.4, -0.2) is 49.6 Å². The number of amides is 1. The van der Waals surface area contributed by atoms with Crippen molar-refractivity contribution >= 4 is 18.1 Å². The Hall–Kier alpha value is -2.74. The van der Waals surface area contributed by atoms with Gasteiger partial charge < -0.3 is 24.3 Å². The number of hydrogen-bond acceptors (Lipinski definition) is 7. The Morgan fingerprint density at radius 1 is 1.38 bits per heavy atom. The molecule has 1 aromatic rings. The summed E-state index contributed by atoms with van der Waals surface area (Å²) >= 11 is 0. The molecule has 26 heavy (non-hydrogen) atoms. The lowest BCUT2D eigenvalue weighted by Gasteiger charge is -2.18. The number of carbonyl (C=O) groups excluding carboxylic acids is 2. The van der Waals surface area contributed by atoms with Gasteiger partial charge in [-0.25, -0.2) is 4.79 Å². The average Bonchev–Trinajstić information content (AvgIpc) is 3.37. The monoisotopic (exact) mass is 360 g/mol. The zero-order valence-corrected chi connectivity index (χ0v) is 14.4. The van der Waals surface area contributed by atoms with Gasteiger partial charge in [0, 0.05) is 25.1 Å². The molecule has 3 heterocycles. The third-order valence-electron chi connectivity index (χ3n) is 4.92. The number of methoxy groups -OCH3 is 1. The molecule has 3 aliphatic heterocycles. The number of benzene rings is 1. The Bertz CT molecular complexity index is 777. The largest absolute Gasteiger partial charge is 0.468 e. The first-order valence-corrected chi connectivity index (χ1v) is 8.44. The summed E-state index contributed by atoms with van der Waals surface area (Å²) in [5, 5.41) is 3.00. The Morgan fingerprint density at radius 3 is 3.00 bits per heavy atom. The minimum Gasteiger partial charge on any atom is -0.468 e. The van der Waals surface area contributed by atoms with Gasteiger partial charge in [-0.15, -0.1) is 0 Å². The summed E-state index contributed by atoms with van der Waals surface area (Å²) in [6, 6.07) is 1.47. The van der Waals surface area contributed by atoms with Gasteiger partial charge in [0.15, 0.2) is 11.5 Å². The van der Waals surface area contributed by atoms with Crippen LogP contribution < -0.4 is 14.8 Å². The van der Waals surface area contributed by atoms with Crippen molar-refractivity contribution in [3.05, 3.63) is 29.3 Å². The minimum atomic E-state index is -0.432. The second kappa shape index (κ2) is 6.53. The summed E-state index contributed by atoms with van der Waals surface area (Å²) in [6.45, 7) is 5.34. The second-order valence-corrected chi connectivity index (χ2v) is 6.45. The number of ether oxygens (including phenoxy) is 4. The number of nitrogens with one attached hydrogen (secondary N) is 1. The lowest BCUT2D eigenvalue weighted by atomic mass is 10.0. The topological polar surface area (TPSA) is 86.3 Å². The van der Waals surface area contributed by atoms with Gasteiger partial charge in [0.05, 0.1) is 13.7 Å². The van der Waals surface area contributed by atoms with Gasteiger partial charge in [0.2, 0.25) is 6.79 Å². The van der Waals surface area contributed by atoms with E-state index in [9.17, 15) is 9.59 Å². The van der Waals surface area contributed by atoms with Gasteiger partial charge in [0.1, 0.15) is 12.1 Å². The van der Waals surface area contributed by atoms with E-state index in [1.54, 1.807) is 11.0 Å². The fourth-order valence-electron chi connectivity index (χ4n) is 3.62. The van der Waals surface area contributed by atoms with E-state index in [4.69, 9.17) is 18.9 Å². The average molecular weight is 360 g/mol. The van der Waals surface area contributed by atoms with Crippen LogP contribution in [0.15, 0.2) is 12.6 Å². The standard InChI is InChI=1S/C18H20N2O6/c1-3-12-13-8-20(7-10(13)4-15-16(12)25-9-24-15)18(22)26-11-5-14(19-6-11)17(21)23-2/h3-4,11,14,19H,1,5-9H2,2H3. The van der Waals surface area contributed by atoms with Crippen LogP contribution in [0.2, 0.25) is 0 Å². The fraction of sp³-hybridized carbons (Fsp3) is 0.444. The summed E-state index contributed by atoms with van der Waals surface area (Å²) in [4.78, 5) is 25.7.